The van der Waals surface area contributed by atoms with Crippen molar-refractivity contribution in [3.8, 4) is 0 Å². The second kappa shape index (κ2) is 8.60. The van der Waals surface area contributed by atoms with Crippen LogP contribution in [-0.2, 0) is 16.1 Å². The summed E-state index contributed by atoms with van der Waals surface area (Å²) in [7, 11) is 0. The van der Waals surface area contributed by atoms with E-state index in [-0.39, 0.29) is 23.7 Å². The number of carbonyl (C=O) groups excluding carboxylic acids is 2. The second-order valence-electron chi connectivity index (χ2n) is 8.47. The highest BCUT2D eigenvalue weighted by molar-refractivity contribution is 5.83. The van der Waals surface area contributed by atoms with E-state index in [1.807, 2.05) is 11.0 Å². The summed E-state index contributed by atoms with van der Waals surface area (Å²) < 4.78 is 13.4. The van der Waals surface area contributed by atoms with Gasteiger partial charge in [-0.25, -0.2) is 4.39 Å². The fourth-order valence-corrected chi connectivity index (χ4v) is 4.70. The lowest BCUT2D eigenvalue weighted by atomic mass is 9.95. The van der Waals surface area contributed by atoms with Gasteiger partial charge in [0, 0.05) is 38.6 Å². The molecule has 2 saturated carbocycles. The lowest BCUT2D eigenvalue weighted by Crippen LogP contribution is -2.58. The van der Waals surface area contributed by atoms with Crippen molar-refractivity contribution in [3.63, 3.8) is 0 Å². The fourth-order valence-electron chi connectivity index (χ4n) is 4.70. The molecule has 152 valence electrons. The van der Waals surface area contributed by atoms with Gasteiger partial charge < -0.3 is 10.2 Å². The Bertz CT molecular complexity index is 707. The second-order valence-corrected chi connectivity index (χ2v) is 8.47. The maximum Gasteiger partial charge on any atom is 0.237 e. The van der Waals surface area contributed by atoms with E-state index in [2.05, 4.69) is 10.2 Å². The zero-order valence-electron chi connectivity index (χ0n) is 16.4. The van der Waals surface area contributed by atoms with Crippen molar-refractivity contribution in [1.29, 1.82) is 0 Å². The molecule has 1 aromatic carbocycles. The Kier molecular flexibility index (Phi) is 5.95. The van der Waals surface area contributed by atoms with E-state index in [4.69, 9.17) is 0 Å². The van der Waals surface area contributed by atoms with Crippen molar-refractivity contribution in [2.45, 2.75) is 51.1 Å². The Hall–Kier alpha value is -1.95. The summed E-state index contributed by atoms with van der Waals surface area (Å²) >= 11 is 0. The van der Waals surface area contributed by atoms with Gasteiger partial charge in [-0.1, -0.05) is 25.0 Å². The van der Waals surface area contributed by atoms with Gasteiger partial charge in [0.25, 0.3) is 0 Å². The van der Waals surface area contributed by atoms with Crippen molar-refractivity contribution in [2.24, 2.45) is 11.8 Å². The number of hydrogen-bond acceptors (Lipinski definition) is 3. The van der Waals surface area contributed by atoms with Crippen LogP contribution in [0.1, 0.15) is 44.1 Å². The van der Waals surface area contributed by atoms with Crippen molar-refractivity contribution in [1.82, 2.24) is 15.1 Å². The number of amides is 2. The molecule has 5 nitrogen and oxygen atoms in total. The molecule has 28 heavy (non-hydrogen) atoms. The zero-order valence-corrected chi connectivity index (χ0v) is 16.4. The van der Waals surface area contributed by atoms with Crippen LogP contribution >= 0.6 is 0 Å². The molecule has 1 saturated heterocycles. The average molecular weight is 387 g/mol. The van der Waals surface area contributed by atoms with Gasteiger partial charge in [-0.15, -0.1) is 0 Å². The standard InChI is InChI=1S/C22H30FN3O2/c23-19-7-3-4-16(14-19)15-24-21(27)20(17-5-1-2-6-17)25-10-12-26(13-11-25)22(28)18-8-9-18/h3-4,7,14,17-18,20H,1-2,5-6,8-13,15H2,(H,24,27)/t20-/m0/s1. The third-order valence-electron chi connectivity index (χ3n) is 6.42. The summed E-state index contributed by atoms with van der Waals surface area (Å²) in [5, 5.41) is 3.03. The molecule has 2 amide bonds. The Balaban J connectivity index is 1.37. The molecule has 3 aliphatic rings. The molecule has 0 radical (unpaired) electrons. The quantitative estimate of drug-likeness (QED) is 0.816. The van der Waals surface area contributed by atoms with Gasteiger partial charge in [-0.2, -0.15) is 0 Å². The first-order chi connectivity index (χ1) is 13.6. The van der Waals surface area contributed by atoms with Crippen LogP contribution in [0.3, 0.4) is 0 Å². The Morgan fingerprint density at radius 2 is 1.79 bits per heavy atom. The predicted molar refractivity (Wildman–Crippen MR) is 105 cm³/mol. The molecule has 0 spiro atoms. The molecule has 0 unspecified atom stereocenters. The Morgan fingerprint density at radius 3 is 2.43 bits per heavy atom. The molecule has 1 atom stereocenters. The molecule has 2 aliphatic carbocycles. The highest BCUT2D eigenvalue weighted by Crippen LogP contribution is 2.33. The molecule has 1 aliphatic heterocycles. The zero-order chi connectivity index (χ0) is 19.5. The van der Waals surface area contributed by atoms with Gasteiger partial charge in [0.2, 0.25) is 11.8 Å². The van der Waals surface area contributed by atoms with Crippen molar-refractivity contribution >= 4 is 11.8 Å². The van der Waals surface area contributed by atoms with Crippen LogP contribution in [0.25, 0.3) is 0 Å². The van der Waals surface area contributed by atoms with Crippen LogP contribution in [0, 0.1) is 17.7 Å². The van der Waals surface area contributed by atoms with Gasteiger partial charge in [-0.05, 0) is 49.3 Å². The summed E-state index contributed by atoms with van der Waals surface area (Å²) in [6.07, 6.45) is 6.59. The van der Waals surface area contributed by atoms with E-state index < -0.39 is 0 Å². The smallest absolute Gasteiger partial charge is 0.237 e. The van der Waals surface area contributed by atoms with Crippen molar-refractivity contribution in [2.75, 3.05) is 26.2 Å². The summed E-state index contributed by atoms with van der Waals surface area (Å²) in [5.41, 5.74) is 0.776. The summed E-state index contributed by atoms with van der Waals surface area (Å²) in [6.45, 7) is 3.30. The molecule has 1 N–H and O–H groups in total. The van der Waals surface area contributed by atoms with Crippen LogP contribution in [0.4, 0.5) is 4.39 Å². The molecular weight excluding hydrogens is 357 g/mol. The summed E-state index contributed by atoms with van der Waals surface area (Å²) in [5.74, 6) is 0.686. The number of nitrogens with one attached hydrogen (secondary N) is 1. The molecule has 0 bridgehead atoms. The minimum absolute atomic E-state index is 0.0399. The van der Waals surface area contributed by atoms with Gasteiger partial charge in [-0.3, -0.25) is 14.5 Å². The molecular formula is C22H30FN3O2. The number of piperazine rings is 1. The van der Waals surface area contributed by atoms with E-state index in [9.17, 15) is 14.0 Å². The van der Waals surface area contributed by atoms with E-state index >= 15 is 0 Å². The monoisotopic (exact) mass is 387 g/mol. The van der Waals surface area contributed by atoms with Crippen molar-refractivity contribution in [3.05, 3.63) is 35.6 Å². The van der Waals surface area contributed by atoms with Crippen LogP contribution in [0.5, 0.6) is 0 Å². The van der Waals surface area contributed by atoms with E-state index in [1.54, 1.807) is 6.07 Å². The highest BCUT2D eigenvalue weighted by atomic mass is 19.1. The number of rotatable bonds is 6. The van der Waals surface area contributed by atoms with E-state index in [0.29, 0.717) is 18.4 Å². The number of nitrogens with zero attached hydrogens (tertiary/aromatic N) is 2. The summed E-state index contributed by atoms with van der Waals surface area (Å²) in [4.78, 5) is 29.7. The van der Waals surface area contributed by atoms with Crippen LogP contribution in [0.2, 0.25) is 0 Å². The first-order valence-corrected chi connectivity index (χ1v) is 10.7. The maximum absolute atomic E-state index is 13.4. The van der Waals surface area contributed by atoms with Gasteiger partial charge in [0.15, 0.2) is 0 Å². The highest BCUT2D eigenvalue weighted by Gasteiger charge is 2.39. The lowest BCUT2D eigenvalue weighted by Gasteiger charge is -2.40. The Morgan fingerprint density at radius 1 is 1.07 bits per heavy atom. The molecule has 1 heterocycles. The molecule has 0 aromatic heterocycles. The van der Waals surface area contributed by atoms with Gasteiger partial charge in [0.1, 0.15) is 5.82 Å². The number of halogens is 1. The topological polar surface area (TPSA) is 52.7 Å². The third-order valence-corrected chi connectivity index (χ3v) is 6.42. The molecule has 1 aromatic rings. The maximum atomic E-state index is 13.4. The number of hydrogen-bond donors (Lipinski definition) is 1. The minimum atomic E-state index is -0.282. The van der Waals surface area contributed by atoms with E-state index in [0.717, 1.165) is 57.4 Å². The molecule has 6 heteroatoms. The van der Waals surface area contributed by atoms with Crippen LogP contribution < -0.4 is 5.32 Å². The third kappa shape index (κ3) is 4.54. The molecule has 4 rings (SSSR count). The fraction of sp³-hybridized carbons (Fsp3) is 0.636. The van der Waals surface area contributed by atoms with Crippen LogP contribution in [-0.4, -0.2) is 53.8 Å². The SMILES string of the molecule is O=C(NCc1cccc(F)c1)[C@H](C1CCCC1)N1CCN(C(=O)C2CC2)CC1. The average Bonchev–Trinajstić information content (AvgIpc) is 3.43. The number of benzene rings is 1. The predicted octanol–water partition coefficient (Wildman–Crippen LogP) is 2.55. The normalized spacial score (nSPS) is 22.2. The Labute approximate surface area is 166 Å². The first kappa shape index (κ1) is 19.4. The molecule has 3 fully saturated rings. The largest absolute Gasteiger partial charge is 0.351 e. The van der Waals surface area contributed by atoms with Gasteiger partial charge >= 0.3 is 0 Å². The van der Waals surface area contributed by atoms with Gasteiger partial charge in [0.05, 0.1) is 6.04 Å². The minimum Gasteiger partial charge on any atom is -0.351 e. The summed E-state index contributed by atoms with van der Waals surface area (Å²) in [6, 6.07) is 6.23. The first-order valence-electron chi connectivity index (χ1n) is 10.7. The van der Waals surface area contributed by atoms with Crippen molar-refractivity contribution < 1.29 is 14.0 Å². The van der Waals surface area contributed by atoms with E-state index in [1.165, 1.54) is 25.0 Å². The lowest BCUT2D eigenvalue weighted by molar-refractivity contribution is -0.136. The number of carbonyl (C=O) groups is 2. The van der Waals surface area contributed by atoms with Crippen LogP contribution in [0.15, 0.2) is 24.3 Å².